The first kappa shape index (κ1) is 16.3. The summed E-state index contributed by atoms with van der Waals surface area (Å²) in [6.45, 7) is 0. The van der Waals surface area contributed by atoms with Gasteiger partial charge in [-0.3, -0.25) is 11.3 Å². The molecule has 2 rings (SSSR count). The molecule has 0 fully saturated rings. The van der Waals surface area contributed by atoms with Crippen LogP contribution in [0.4, 0.5) is 0 Å². The Labute approximate surface area is 146 Å². The third kappa shape index (κ3) is 4.00. The molecule has 0 aliphatic rings. The number of hydrogen-bond acceptors (Lipinski definition) is 2. The molecule has 2 aromatic carbocycles. The van der Waals surface area contributed by atoms with Gasteiger partial charge in [-0.25, -0.2) is 0 Å². The minimum absolute atomic E-state index is 0.0701. The van der Waals surface area contributed by atoms with Gasteiger partial charge in [0.25, 0.3) is 0 Å². The first-order valence-corrected chi connectivity index (χ1v) is 8.07. The number of benzene rings is 2. The fraction of sp³-hybridized carbons (Fsp3) is 0.143. The maximum Gasteiger partial charge on any atom is 0.0511 e. The molecule has 106 valence electrons. The Morgan fingerprint density at radius 1 is 1.05 bits per heavy atom. The van der Waals surface area contributed by atoms with Crippen LogP contribution in [-0.4, -0.2) is 0 Å². The maximum absolute atomic E-state index is 6.21. The minimum atomic E-state index is -0.0701. The van der Waals surface area contributed by atoms with E-state index in [-0.39, 0.29) is 6.04 Å². The van der Waals surface area contributed by atoms with Crippen LogP contribution in [0.3, 0.4) is 0 Å². The van der Waals surface area contributed by atoms with Crippen molar-refractivity contribution in [3.05, 3.63) is 66.2 Å². The van der Waals surface area contributed by atoms with Gasteiger partial charge in [0, 0.05) is 18.6 Å². The summed E-state index contributed by atoms with van der Waals surface area (Å²) in [5.74, 6) is 5.69. The standard InChI is InChI=1S/C14H12Cl3IN2/c15-9-3-4-13(18)11(6-9)14(20-19)5-8-1-2-10(16)7-12(8)17/h1-4,6-7,14,20H,5,19H2. The zero-order chi connectivity index (χ0) is 14.7. The van der Waals surface area contributed by atoms with Crippen molar-refractivity contribution in [2.24, 2.45) is 5.84 Å². The second-order valence-electron chi connectivity index (χ2n) is 4.32. The van der Waals surface area contributed by atoms with E-state index in [0.29, 0.717) is 21.5 Å². The van der Waals surface area contributed by atoms with E-state index in [1.807, 2.05) is 30.3 Å². The van der Waals surface area contributed by atoms with E-state index in [4.69, 9.17) is 40.6 Å². The molecule has 0 radical (unpaired) electrons. The molecule has 0 saturated heterocycles. The first-order chi connectivity index (χ1) is 9.51. The Hall–Kier alpha value is -0.0400. The highest BCUT2D eigenvalue weighted by Crippen LogP contribution is 2.29. The summed E-state index contributed by atoms with van der Waals surface area (Å²) in [5.41, 5.74) is 4.85. The smallest absolute Gasteiger partial charge is 0.0511 e. The van der Waals surface area contributed by atoms with Crippen LogP contribution in [0.2, 0.25) is 15.1 Å². The summed E-state index contributed by atoms with van der Waals surface area (Å²) in [7, 11) is 0. The molecule has 0 bridgehead atoms. The van der Waals surface area contributed by atoms with Crippen molar-refractivity contribution < 1.29 is 0 Å². The van der Waals surface area contributed by atoms with Crippen molar-refractivity contribution >= 4 is 57.4 Å². The zero-order valence-corrected chi connectivity index (χ0v) is 14.8. The predicted octanol–water partition coefficient (Wildman–Crippen LogP) is 5.00. The number of hydrazine groups is 1. The minimum Gasteiger partial charge on any atom is -0.271 e. The van der Waals surface area contributed by atoms with E-state index in [2.05, 4.69) is 28.0 Å². The molecule has 0 amide bonds. The lowest BCUT2D eigenvalue weighted by atomic mass is 9.99. The second-order valence-corrected chi connectivity index (χ2v) is 6.77. The van der Waals surface area contributed by atoms with Crippen LogP contribution < -0.4 is 11.3 Å². The molecule has 6 heteroatoms. The largest absolute Gasteiger partial charge is 0.271 e. The Balaban J connectivity index is 2.31. The van der Waals surface area contributed by atoms with Gasteiger partial charge in [-0.2, -0.15) is 0 Å². The van der Waals surface area contributed by atoms with E-state index in [1.54, 1.807) is 6.07 Å². The number of rotatable bonds is 4. The average Bonchev–Trinajstić information content (AvgIpc) is 2.41. The van der Waals surface area contributed by atoms with Crippen molar-refractivity contribution in [2.75, 3.05) is 0 Å². The number of nitrogens with one attached hydrogen (secondary N) is 1. The van der Waals surface area contributed by atoms with Crippen molar-refractivity contribution in [1.29, 1.82) is 0 Å². The molecular weight excluding hydrogens is 429 g/mol. The first-order valence-electron chi connectivity index (χ1n) is 5.86. The van der Waals surface area contributed by atoms with Crippen LogP contribution in [0, 0.1) is 3.57 Å². The summed E-state index contributed by atoms with van der Waals surface area (Å²) in [4.78, 5) is 0. The lowest BCUT2D eigenvalue weighted by Crippen LogP contribution is -2.30. The summed E-state index contributed by atoms with van der Waals surface area (Å²) in [6.07, 6.45) is 0.656. The highest BCUT2D eigenvalue weighted by Gasteiger charge is 2.16. The predicted molar refractivity (Wildman–Crippen MR) is 94.4 cm³/mol. The molecule has 0 spiro atoms. The average molecular weight is 442 g/mol. The quantitative estimate of drug-likeness (QED) is 0.398. The van der Waals surface area contributed by atoms with Crippen LogP contribution in [0.5, 0.6) is 0 Å². The van der Waals surface area contributed by atoms with Crippen molar-refractivity contribution in [3.8, 4) is 0 Å². The van der Waals surface area contributed by atoms with E-state index < -0.39 is 0 Å². The normalized spacial score (nSPS) is 12.4. The molecule has 0 aliphatic carbocycles. The van der Waals surface area contributed by atoms with Gasteiger partial charge in [0.2, 0.25) is 0 Å². The lowest BCUT2D eigenvalue weighted by Gasteiger charge is -2.19. The van der Waals surface area contributed by atoms with Gasteiger partial charge in [0.15, 0.2) is 0 Å². The lowest BCUT2D eigenvalue weighted by molar-refractivity contribution is 0.550. The van der Waals surface area contributed by atoms with Crippen LogP contribution in [0.25, 0.3) is 0 Å². The molecule has 2 aromatic rings. The Morgan fingerprint density at radius 3 is 2.35 bits per heavy atom. The van der Waals surface area contributed by atoms with Crippen molar-refractivity contribution in [2.45, 2.75) is 12.5 Å². The van der Waals surface area contributed by atoms with Crippen LogP contribution in [-0.2, 0) is 6.42 Å². The molecule has 0 aliphatic heterocycles. The van der Waals surface area contributed by atoms with Gasteiger partial charge in [-0.05, 0) is 70.5 Å². The Kier molecular flexibility index (Phi) is 5.95. The molecule has 0 saturated carbocycles. The van der Waals surface area contributed by atoms with Crippen molar-refractivity contribution in [3.63, 3.8) is 0 Å². The third-order valence-electron chi connectivity index (χ3n) is 2.97. The molecular formula is C14H12Cl3IN2. The van der Waals surface area contributed by atoms with E-state index >= 15 is 0 Å². The Morgan fingerprint density at radius 2 is 1.70 bits per heavy atom. The summed E-state index contributed by atoms with van der Waals surface area (Å²) < 4.78 is 1.10. The number of halogens is 4. The number of nitrogens with two attached hydrogens (primary N) is 1. The number of hydrogen-bond donors (Lipinski definition) is 2. The second kappa shape index (κ2) is 7.29. The van der Waals surface area contributed by atoms with Crippen LogP contribution >= 0.6 is 57.4 Å². The topological polar surface area (TPSA) is 38.0 Å². The Bertz CT molecular complexity index is 619. The molecule has 1 atom stereocenters. The molecule has 0 heterocycles. The summed E-state index contributed by atoms with van der Waals surface area (Å²) in [5, 5.41) is 1.94. The highest BCUT2D eigenvalue weighted by atomic mass is 127. The van der Waals surface area contributed by atoms with Crippen LogP contribution in [0.1, 0.15) is 17.2 Å². The highest BCUT2D eigenvalue weighted by molar-refractivity contribution is 14.1. The molecule has 20 heavy (non-hydrogen) atoms. The SMILES string of the molecule is NNC(Cc1ccc(Cl)cc1Cl)c1cc(Cl)ccc1I. The van der Waals surface area contributed by atoms with Gasteiger partial charge in [0.05, 0.1) is 6.04 Å². The molecule has 1 unspecified atom stereocenters. The van der Waals surface area contributed by atoms with Gasteiger partial charge in [0.1, 0.15) is 0 Å². The zero-order valence-electron chi connectivity index (χ0n) is 10.3. The van der Waals surface area contributed by atoms with Gasteiger partial charge < -0.3 is 0 Å². The molecule has 3 N–H and O–H groups in total. The van der Waals surface area contributed by atoms with Gasteiger partial charge in [-0.15, -0.1) is 0 Å². The fourth-order valence-electron chi connectivity index (χ4n) is 1.95. The maximum atomic E-state index is 6.21. The van der Waals surface area contributed by atoms with E-state index in [1.165, 1.54) is 0 Å². The summed E-state index contributed by atoms with van der Waals surface area (Å²) in [6, 6.07) is 11.1. The van der Waals surface area contributed by atoms with E-state index in [9.17, 15) is 0 Å². The van der Waals surface area contributed by atoms with Crippen molar-refractivity contribution in [1.82, 2.24) is 5.43 Å². The summed E-state index contributed by atoms with van der Waals surface area (Å²) >= 11 is 20.4. The van der Waals surface area contributed by atoms with E-state index in [0.717, 1.165) is 14.7 Å². The molecule has 0 aromatic heterocycles. The third-order valence-corrected chi connectivity index (χ3v) is 4.78. The molecule has 2 nitrogen and oxygen atoms in total. The van der Waals surface area contributed by atoms with Crippen LogP contribution in [0.15, 0.2) is 36.4 Å². The fourth-order valence-corrected chi connectivity index (χ4v) is 3.33. The van der Waals surface area contributed by atoms with Gasteiger partial charge in [-0.1, -0.05) is 40.9 Å². The van der Waals surface area contributed by atoms with Gasteiger partial charge >= 0.3 is 0 Å². The monoisotopic (exact) mass is 440 g/mol.